The molecule has 1 aromatic rings. The van der Waals surface area contributed by atoms with Gasteiger partial charge in [0.15, 0.2) is 0 Å². The molecule has 3 atom stereocenters. The molecule has 0 spiro atoms. The number of hydrogen-bond donors (Lipinski definition) is 3. The van der Waals surface area contributed by atoms with Crippen LogP contribution in [0.2, 0.25) is 0 Å². The highest BCUT2D eigenvalue weighted by Gasteiger charge is 2.07. The van der Waals surface area contributed by atoms with E-state index in [2.05, 4.69) is 0 Å². The number of carboxylic acid groups (broad SMARTS) is 1. The number of ether oxygens (including phenoxy) is 2. The summed E-state index contributed by atoms with van der Waals surface area (Å²) in [4.78, 5) is 10.2. The van der Waals surface area contributed by atoms with Gasteiger partial charge in [-0.25, -0.2) is 4.79 Å². The van der Waals surface area contributed by atoms with Crippen LogP contribution >= 0.6 is 0 Å². The van der Waals surface area contributed by atoms with Gasteiger partial charge in [0.25, 0.3) is 0 Å². The Labute approximate surface area is 131 Å². The third-order valence-electron chi connectivity index (χ3n) is 2.52. The first-order chi connectivity index (χ1) is 10.4. The van der Waals surface area contributed by atoms with Crippen LogP contribution in [-0.4, -0.2) is 59.4 Å². The van der Waals surface area contributed by atoms with Gasteiger partial charge in [0, 0.05) is 0 Å². The Kier molecular flexibility index (Phi) is 11.3. The number of hydrogen-bond acceptors (Lipinski definition) is 5. The fourth-order valence-corrected chi connectivity index (χ4v) is 1.28. The number of aromatic carboxylic acids is 1. The lowest BCUT2D eigenvalue weighted by Crippen LogP contribution is -2.24. The quantitative estimate of drug-likeness (QED) is 0.674. The van der Waals surface area contributed by atoms with E-state index in [1.54, 1.807) is 44.2 Å². The van der Waals surface area contributed by atoms with Crippen LogP contribution in [0.3, 0.4) is 0 Å². The normalized spacial score (nSPS) is 14.4. The average Bonchev–Trinajstić information content (AvgIpc) is 2.51. The first-order valence-corrected chi connectivity index (χ1v) is 7.17. The maximum atomic E-state index is 10.2. The molecule has 0 radical (unpaired) electrons. The summed E-state index contributed by atoms with van der Waals surface area (Å²) in [7, 11) is 0. The summed E-state index contributed by atoms with van der Waals surface area (Å²) in [5, 5.41) is 26.0. The Morgan fingerprint density at radius 3 is 2.00 bits per heavy atom. The first kappa shape index (κ1) is 20.5. The number of benzene rings is 1. The summed E-state index contributed by atoms with van der Waals surface area (Å²) in [6, 6.07) is 8.30. The maximum Gasteiger partial charge on any atom is 0.335 e. The lowest BCUT2D eigenvalue weighted by atomic mass is 10.2. The standard InChI is InChI=1S/C9H20O4.C7H6O2/c1-7(11)5-12-9(3)6-13-8(2)4-10;8-7(9)6-4-2-1-3-5-6/h7-11H,4-6H2,1-3H3;1-5H,(H,8,9). The lowest BCUT2D eigenvalue weighted by molar-refractivity contribution is -0.0620. The molecule has 0 saturated carbocycles. The molecule has 1 rings (SSSR count). The second-order valence-electron chi connectivity index (χ2n) is 4.99. The van der Waals surface area contributed by atoms with Gasteiger partial charge < -0.3 is 24.8 Å². The molecule has 0 aliphatic rings. The Bertz CT molecular complexity index is 393. The zero-order chi connectivity index (χ0) is 17.0. The van der Waals surface area contributed by atoms with Crippen LogP contribution in [-0.2, 0) is 9.47 Å². The van der Waals surface area contributed by atoms with E-state index in [1.165, 1.54) is 0 Å². The zero-order valence-corrected chi connectivity index (χ0v) is 13.3. The number of rotatable bonds is 8. The van der Waals surface area contributed by atoms with Gasteiger partial charge in [-0.1, -0.05) is 18.2 Å². The van der Waals surface area contributed by atoms with Crippen molar-refractivity contribution in [1.82, 2.24) is 0 Å². The van der Waals surface area contributed by atoms with Gasteiger partial charge in [-0.3, -0.25) is 0 Å². The van der Waals surface area contributed by atoms with Crippen molar-refractivity contribution in [1.29, 1.82) is 0 Å². The van der Waals surface area contributed by atoms with Crippen molar-refractivity contribution in [3.63, 3.8) is 0 Å². The van der Waals surface area contributed by atoms with Crippen molar-refractivity contribution < 1.29 is 29.6 Å². The second kappa shape index (κ2) is 12.1. The van der Waals surface area contributed by atoms with Crippen LogP contribution in [0.25, 0.3) is 0 Å². The number of carbonyl (C=O) groups is 1. The minimum Gasteiger partial charge on any atom is -0.478 e. The highest BCUT2D eigenvalue weighted by molar-refractivity contribution is 5.87. The largest absolute Gasteiger partial charge is 0.478 e. The molecule has 0 aliphatic heterocycles. The summed E-state index contributed by atoms with van der Waals surface area (Å²) in [6.07, 6.45) is -0.654. The Morgan fingerprint density at radius 1 is 1.05 bits per heavy atom. The van der Waals surface area contributed by atoms with Gasteiger partial charge in [0.2, 0.25) is 0 Å². The smallest absolute Gasteiger partial charge is 0.335 e. The van der Waals surface area contributed by atoms with Crippen LogP contribution in [0.1, 0.15) is 31.1 Å². The molecule has 0 fully saturated rings. The minimum absolute atomic E-state index is 0.0170. The maximum absolute atomic E-state index is 10.2. The van der Waals surface area contributed by atoms with Crippen molar-refractivity contribution in [2.45, 2.75) is 39.1 Å². The summed E-state index contributed by atoms with van der Waals surface area (Å²) in [6.45, 7) is 6.10. The molecular weight excluding hydrogens is 288 g/mol. The number of carboxylic acids is 1. The van der Waals surface area contributed by atoms with Crippen molar-refractivity contribution in [2.75, 3.05) is 19.8 Å². The predicted molar refractivity (Wildman–Crippen MR) is 83.0 cm³/mol. The summed E-state index contributed by atoms with van der Waals surface area (Å²) >= 11 is 0. The molecule has 126 valence electrons. The van der Waals surface area contributed by atoms with E-state index in [0.717, 1.165) is 0 Å². The van der Waals surface area contributed by atoms with Gasteiger partial charge >= 0.3 is 5.97 Å². The number of aliphatic hydroxyl groups is 2. The molecule has 0 saturated heterocycles. The van der Waals surface area contributed by atoms with Crippen LogP contribution in [0.5, 0.6) is 0 Å². The van der Waals surface area contributed by atoms with E-state index in [-0.39, 0.29) is 18.8 Å². The van der Waals surface area contributed by atoms with E-state index in [0.29, 0.717) is 18.8 Å². The SMILES string of the molecule is CC(O)COC(C)COC(C)CO.O=C(O)c1ccccc1. The van der Waals surface area contributed by atoms with Gasteiger partial charge in [0.05, 0.1) is 43.7 Å². The van der Waals surface area contributed by atoms with Gasteiger partial charge in [-0.05, 0) is 32.9 Å². The molecular formula is C16H26O6. The Hall–Kier alpha value is -1.47. The highest BCUT2D eigenvalue weighted by Crippen LogP contribution is 1.97. The fraction of sp³-hybridized carbons (Fsp3) is 0.562. The van der Waals surface area contributed by atoms with Gasteiger partial charge in [-0.2, -0.15) is 0 Å². The van der Waals surface area contributed by atoms with Crippen molar-refractivity contribution >= 4 is 5.97 Å². The topological polar surface area (TPSA) is 96.2 Å². The third-order valence-corrected chi connectivity index (χ3v) is 2.52. The van der Waals surface area contributed by atoms with Crippen LogP contribution in [0.15, 0.2) is 30.3 Å². The van der Waals surface area contributed by atoms with E-state index >= 15 is 0 Å². The van der Waals surface area contributed by atoms with Crippen molar-refractivity contribution in [3.05, 3.63) is 35.9 Å². The van der Waals surface area contributed by atoms with E-state index in [4.69, 9.17) is 24.8 Å². The zero-order valence-electron chi connectivity index (χ0n) is 13.3. The molecule has 3 N–H and O–H groups in total. The Balaban J connectivity index is 0.000000425. The van der Waals surface area contributed by atoms with Gasteiger partial charge in [-0.15, -0.1) is 0 Å². The third kappa shape index (κ3) is 11.2. The summed E-state index contributed by atoms with van der Waals surface area (Å²) in [5.74, 6) is -0.879. The fourth-order valence-electron chi connectivity index (χ4n) is 1.28. The first-order valence-electron chi connectivity index (χ1n) is 7.17. The van der Waals surface area contributed by atoms with Crippen LogP contribution in [0, 0.1) is 0 Å². The monoisotopic (exact) mass is 314 g/mol. The van der Waals surface area contributed by atoms with E-state index in [1.807, 2.05) is 6.92 Å². The highest BCUT2D eigenvalue weighted by atomic mass is 16.5. The van der Waals surface area contributed by atoms with E-state index < -0.39 is 12.1 Å². The molecule has 0 bridgehead atoms. The lowest BCUT2D eigenvalue weighted by Gasteiger charge is -2.16. The van der Waals surface area contributed by atoms with Crippen molar-refractivity contribution in [2.24, 2.45) is 0 Å². The molecule has 22 heavy (non-hydrogen) atoms. The molecule has 0 amide bonds. The predicted octanol–water partition coefficient (Wildman–Crippen LogP) is 1.55. The Morgan fingerprint density at radius 2 is 1.59 bits per heavy atom. The molecule has 6 nitrogen and oxygen atoms in total. The van der Waals surface area contributed by atoms with Crippen LogP contribution < -0.4 is 0 Å². The molecule has 1 aromatic carbocycles. The van der Waals surface area contributed by atoms with Crippen molar-refractivity contribution in [3.8, 4) is 0 Å². The summed E-state index contributed by atoms with van der Waals surface area (Å²) in [5.41, 5.74) is 0.331. The molecule has 3 unspecified atom stereocenters. The second-order valence-corrected chi connectivity index (χ2v) is 4.99. The molecule has 0 heterocycles. The minimum atomic E-state index is -0.879. The molecule has 0 aromatic heterocycles. The van der Waals surface area contributed by atoms with Gasteiger partial charge in [0.1, 0.15) is 0 Å². The molecule has 0 aliphatic carbocycles. The summed E-state index contributed by atoms with van der Waals surface area (Å²) < 4.78 is 10.5. The molecule has 6 heteroatoms. The number of aliphatic hydroxyl groups excluding tert-OH is 2. The van der Waals surface area contributed by atoms with E-state index in [9.17, 15) is 4.79 Å². The average molecular weight is 314 g/mol. The van der Waals surface area contributed by atoms with Crippen LogP contribution in [0.4, 0.5) is 0 Å².